The van der Waals surface area contributed by atoms with Crippen molar-refractivity contribution in [1.82, 2.24) is 4.98 Å². The van der Waals surface area contributed by atoms with Gasteiger partial charge >= 0.3 is 5.97 Å². The topological polar surface area (TPSA) is 64.1 Å². The molecule has 0 saturated heterocycles. The molecule has 7 heteroatoms. The number of benzene rings is 2. The van der Waals surface area contributed by atoms with Crippen LogP contribution in [-0.4, -0.2) is 50.3 Å². The number of fused-ring (bicyclic) bond motifs is 1. The second-order valence-electron chi connectivity index (χ2n) is 9.06. The first-order chi connectivity index (χ1) is 18.5. The van der Waals surface area contributed by atoms with Crippen LogP contribution in [0.3, 0.4) is 0 Å². The van der Waals surface area contributed by atoms with Gasteiger partial charge in [-0.1, -0.05) is 0 Å². The van der Waals surface area contributed by atoms with Crippen molar-refractivity contribution in [1.29, 1.82) is 0 Å². The summed E-state index contributed by atoms with van der Waals surface area (Å²) >= 11 is 0. The van der Waals surface area contributed by atoms with Crippen LogP contribution in [0.4, 0.5) is 11.4 Å². The van der Waals surface area contributed by atoms with Crippen molar-refractivity contribution in [3.63, 3.8) is 0 Å². The van der Waals surface area contributed by atoms with Crippen molar-refractivity contribution in [3.8, 4) is 22.6 Å². The third kappa shape index (κ3) is 5.28. The van der Waals surface area contributed by atoms with Gasteiger partial charge in [0.15, 0.2) is 6.10 Å². The lowest BCUT2D eigenvalue weighted by atomic mass is 9.99. The van der Waals surface area contributed by atoms with Crippen LogP contribution in [0.15, 0.2) is 48.7 Å². The summed E-state index contributed by atoms with van der Waals surface area (Å²) in [5.74, 6) is 1.10. The lowest BCUT2D eigenvalue weighted by molar-refractivity contribution is 0.0448. The molecule has 1 aromatic heterocycles. The van der Waals surface area contributed by atoms with E-state index in [1.165, 1.54) is 0 Å². The Morgan fingerprint density at radius 2 is 1.34 bits per heavy atom. The summed E-state index contributed by atoms with van der Waals surface area (Å²) in [7, 11) is 0. The molecule has 0 bridgehead atoms. The van der Waals surface area contributed by atoms with Gasteiger partial charge in [0, 0.05) is 72.6 Å². The van der Waals surface area contributed by atoms with Crippen molar-refractivity contribution in [2.75, 3.05) is 49.2 Å². The minimum absolute atomic E-state index is 0.382. The molecule has 0 fully saturated rings. The fraction of sp³-hybridized carbons (Fsp3) is 0.419. The molecule has 7 nitrogen and oxygen atoms in total. The average molecular weight is 518 g/mol. The molecule has 0 spiro atoms. The third-order valence-electron chi connectivity index (χ3n) is 7.02. The van der Waals surface area contributed by atoms with E-state index in [-0.39, 0.29) is 5.97 Å². The van der Waals surface area contributed by atoms with Crippen molar-refractivity contribution in [3.05, 3.63) is 65.5 Å². The number of hydrogen-bond donors (Lipinski definition) is 0. The predicted octanol–water partition coefficient (Wildman–Crippen LogP) is 6.50. The number of carbonyl (C=O) groups is 1. The van der Waals surface area contributed by atoms with Crippen LogP contribution in [0.5, 0.6) is 11.5 Å². The summed E-state index contributed by atoms with van der Waals surface area (Å²) in [4.78, 5) is 22.3. The van der Waals surface area contributed by atoms with Crippen LogP contribution >= 0.6 is 0 Å². The summed E-state index contributed by atoms with van der Waals surface area (Å²) in [5, 5.41) is 0. The molecular weight excluding hydrogens is 478 g/mol. The number of aromatic nitrogens is 1. The Labute approximate surface area is 226 Å². The maximum Gasteiger partial charge on any atom is 0.341 e. The molecule has 2 aromatic carbocycles. The Kier molecular flexibility index (Phi) is 8.77. The highest BCUT2D eigenvalue weighted by Gasteiger charge is 2.36. The molecular formula is C31H39N3O4. The van der Waals surface area contributed by atoms with E-state index in [0.29, 0.717) is 30.2 Å². The molecule has 0 saturated carbocycles. The van der Waals surface area contributed by atoms with Crippen molar-refractivity contribution in [2.24, 2.45) is 0 Å². The van der Waals surface area contributed by atoms with E-state index in [4.69, 9.17) is 19.2 Å². The summed E-state index contributed by atoms with van der Waals surface area (Å²) in [6.07, 6.45) is 1.18. The second kappa shape index (κ2) is 12.2. The fourth-order valence-electron chi connectivity index (χ4n) is 5.05. The zero-order chi connectivity index (χ0) is 27.2. The molecule has 1 aliphatic rings. The Bertz CT molecular complexity index is 1270. The normalized spacial score (nSPS) is 14.2. The zero-order valence-electron chi connectivity index (χ0n) is 23.4. The van der Waals surface area contributed by atoms with Crippen LogP contribution in [0.25, 0.3) is 11.1 Å². The fourth-order valence-corrected chi connectivity index (χ4v) is 5.05. The number of hydrogen-bond acceptors (Lipinski definition) is 7. The lowest BCUT2D eigenvalue weighted by Crippen LogP contribution is -2.22. The van der Waals surface area contributed by atoms with Gasteiger partial charge in [-0.15, -0.1) is 0 Å². The first kappa shape index (κ1) is 27.3. The van der Waals surface area contributed by atoms with Crippen molar-refractivity contribution >= 4 is 17.3 Å². The van der Waals surface area contributed by atoms with Gasteiger partial charge in [0.2, 0.25) is 0 Å². The SMILES string of the molecule is CCOc1cc(N(CC)CC)ccc1-c1cnc2c(c1)C(=O)OC2c1ccc(N(CC)CC)cc1OCC. The monoisotopic (exact) mass is 517 g/mol. The van der Waals surface area contributed by atoms with Gasteiger partial charge < -0.3 is 24.0 Å². The van der Waals surface area contributed by atoms with Crippen LogP contribution in [0.2, 0.25) is 0 Å². The van der Waals surface area contributed by atoms with E-state index < -0.39 is 6.10 Å². The van der Waals surface area contributed by atoms with E-state index in [9.17, 15) is 4.79 Å². The maximum absolute atomic E-state index is 13.1. The largest absolute Gasteiger partial charge is 0.493 e. The third-order valence-corrected chi connectivity index (χ3v) is 7.02. The summed E-state index contributed by atoms with van der Waals surface area (Å²) < 4.78 is 17.9. The minimum Gasteiger partial charge on any atom is -0.493 e. The molecule has 2 heterocycles. The smallest absolute Gasteiger partial charge is 0.341 e. The van der Waals surface area contributed by atoms with Gasteiger partial charge in [-0.3, -0.25) is 4.98 Å². The lowest BCUT2D eigenvalue weighted by Gasteiger charge is -2.23. The highest BCUT2D eigenvalue weighted by molar-refractivity contribution is 5.95. The van der Waals surface area contributed by atoms with Crippen LogP contribution in [0.1, 0.15) is 69.3 Å². The number of pyridine rings is 1. The molecule has 0 N–H and O–H groups in total. The predicted molar refractivity (Wildman–Crippen MR) is 153 cm³/mol. The Morgan fingerprint density at radius 1 is 0.763 bits per heavy atom. The summed E-state index contributed by atoms with van der Waals surface area (Å²) in [6, 6.07) is 14.1. The highest BCUT2D eigenvalue weighted by atomic mass is 16.6. The number of nitrogens with zero attached hydrogens (tertiary/aromatic N) is 3. The van der Waals surface area contributed by atoms with E-state index in [0.717, 1.165) is 60.0 Å². The van der Waals surface area contributed by atoms with E-state index >= 15 is 0 Å². The Hall–Kier alpha value is -3.74. The van der Waals surface area contributed by atoms with Gasteiger partial charge in [0.1, 0.15) is 17.2 Å². The number of ether oxygens (including phenoxy) is 3. The van der Waals surface area contributed by atoms with Crippen molar-refractivity contribution in [2.45, 2.75) is 47.6 Å². The molecule has 3 aromatic rings. The highest BCUT2D eigenvalue weighted by Crippen LogP contribution is 2.42. The first-order valence-electron chi connectivity index (χ1n) is 13.7. The molecule has 1 aliphatic heterocycles. The van der Waals surface area contributed by atoms with Gasteiger partial charge in [0.05, 0.1) is 18.8 Å². The maximum atomic E-state index is 13.1. The molecule has 0 radical (unpaired) electrons. The van der Waals surface area contributed by atoms with Gasteiger partial charge in [0.25, 0.3) is 0 Å². The quantitative estimate of drug-likeness (QED) is 0.254. The average Bonchev–Trinajstić information content (AvgIpc) is 3.26. The Balaban J connectivity index is 1.73. The molecule has 0 aliphatic carbocycles. The molecule has 1 unspecified atom stereocenters. The zero-order valence-corrected chi connectivity index (χ0v) is 23.4. The Morgan fingerprint density at radius 3 is 1.95 bits per heavy atom. The summed E-state index contributed by atoms with van der Waals surface area (Å²) in [6.45, 7) is 17.1. The van der Waals surface area contributed by atoms with E-state index in [1.54, 1.807) is 6.20 Å². The van der Waals surface area contributed by atoms with Crippen LogP contribution in [-0.2, 0) is 4.74 Å². The van der Waals surface area contributed by atoms with Gasteiger partial charge in [-0.05, 0) is 71.9 Å². The van der Waals surface area contributed by atoms with Crippen LogP contribution < -0.4 is 19.3 Å². The van der Waals surface area contributed by atoms with Crippen molar-refractivity contribution < 1.29 is 19.0 Å². The second-order valence-corrected chi connectivity index (χ2v) is 9.06. The standard InChI is InChI=1S/C31H39N3O4/c1-7-33(8-2)22-13-15-24(27(18-22)36-11-5)21-17-26-29(32-20-21)30(38-31(26)35)25-16-14-23(34(9-3)10-4)19-28(25)37-12-6/h13-20,30H,7-12H2,1-6H3. The number of rotatable bonds is 12. The molecule has 0 amide bonds. The number of anilines is 2. The number of cyclic esters (lactones) is 1. The van der Waals surface area contributed by atoms with E-state index in [1.807, 2.05) is 38.1 Å². The summed E-state index contributed by atoms with van der Waals surface area (Å²) in [5.41, 5.74) is 5.77. The molecule has 38 heavy (non-hydrogen) atoms. The first-order valence-corrected chi connectivity index (χ1v) is 13.7. The van der Waals surface area contributed by atoms with Gasteiger partial charge in [-0.25, -0.2) is 4.79 Å². The van der Waals surface area contributed by atoms with Gasteiger partial charge in [-0.2, -0.15) is 0 Å². The molecule has 4 rings (SSSR count). The molecule has 202 valence electrons. The van der Waals surface area contributed by atoms with Crippen LogP contribution in [0, 0.1) is 0 Å². The van der Waals surface area contributed by atoms with E-state index in [2.05, 4.69) is 55.7 Å². The molecule has 1 atom stereocenters. The minimum atomic E-state index is -0.616. The number of esters is 1. The number of carbonyl (C=O) groups excluding carboxylic acids is 1.